The van der Waals surface area contributed by atoms with E-state index in [-0.39, 0.29) is 29.3 Å². The minimum atomic E-state index is -0.997. The van der Waals surface area contributed by atoms with Crippen LogP contribution in [0.4, 0.5) is 4.39 Å². The molecule has 0 aliphatic carbocycles. The smallest absolute Gasteiger partial charge is 0.146 e. The van der Waals surface area contributed by atoms with Crippen molar-refractivity contribution in [1.29, 1.82) is 0 Å². The van der Waals surface area contributed by atoms with E-state index in [1.807, 2.05) is 0 Å². The fourth-order valence-corrected chi connectivity index (χ4v) is 1.61. The van der Waals surface area contributed by atoms with Gasteiger partial charge in [0.25, 0.3) is 0 Å². The predicted molar refractivity (Wildman–Crippen MR) is 56.6 cm³/mol. The molecule has 1 aromatic carbocycles. The number of aliphatic hydroxyl groups excluding tert-OH is 1. The molecule has 3 N–H and O–H groups in total. The maximum Gasteiger partial charge on any atom is 0.146 e. The Balaban J connectivity index is 3.18. The first-order chi connectivity index (χ1) is 7.11. The molecule has 5 heteroatoms. The molecule has 1 atom stereocenters. The zero-order valence-electron chi connectivity index (χ0n) is 8.34. The van der Waals surface area contributed by atoms with Crippen LogP contribution < -0.4 is 10.5 Å². The van der Waals surface area contributed by atoms with Gasteiger partial charge in [-0.1, -0.05) is 11.6 Å². The lowest BCUT2D eigenvalue weighted by Crippen LogP contribution is -2.10. The summed E-state index contributed by atoms with van der Waals surface area (Å²) in [7, 11) is 1.37. The Bertz CT molecular complexity index is 346. The Labute approximate surface area is 92.6 Å². The molecule has 0 aliphatic heterocycles. The molecule has 0 amide bonds. The van der Waals surface area contributed by atoms with Gasteiger partial charge in [-0.25, -0.2) is 4.39 Å². The molecule has 3 nitrogen and oxygen atoms in total. The molecular weight excluding hydrogens is 221 g/mol. The summed E-state index contributed by atoms with van der Waals surface area (Å²) in [6.07, 6.45) is -0.739. The lowest BCUT2D eigenvalue weighted by atomic mass is 10.0. The van der Waals surface area contributed by atoms with Gasteiger partial charge in [0.2, 0.25) is 0 Å². The van der Waals surface area contributed by atoms with Crippen LogP contribution in [0.25, 0.3) is 0 Å². The average Bonchev–Trinajstić information content (AvgIpc) is 2.21. The van der Waals surface area contributed by atoms with Crippen molar-refractivity contribution in [2.24, 2.45) is 5.73 Å². The van der Waals surface area contributed by atoms with Gasteiger partial charge in [0, 0.05) is 0 Å². The molecule has 15 heavy (non-hydrogen) atoms. The zero-order valence-corrected chi connectivity index (χ0v) is 9.09. The van der Waals surface area contributed by atoms with Crippen LogP contribution >= 0.6 is 11.6 Å². The van der Waals surface area contributed by atoms with Crippen LogP contribution in [0.1, 0.15) is 18.1 Å². The maximum atomic E-state index is 13.5. The number of rotatable bonds is 4. The first-order valence-corrected chi connectivity index (χ1v) is 4.89. The van der Waals surface area contributed by atoms with Crippen molar-refractivity contribution in [1.82, 2.24) is 0 Å². The molecule has 1 rings (SSSR count). The number of hydrogen-bond donors (Lipinski definition) is 2. The van der Waals surface area contributed by atoms with E-state index in [1.54, 1.807) is 0 Å². The zero-order chi connectivity index (χ0) is 11.4. The second kappa shape index (κ2) is 5.30. The van der Waals surface area contributed by atoms with E-state index in [0.717, 1.165) is 0 Å². The second-order valence-corrected chi connectivity index (χ2v) is 3.48. The molecule has 0 spiro atoms. The normalized spacial score (nSPS) is 12.6. The third-order valence-electron chi connectivity index (χ3n) is 2.07. The van der Waals surface area contributed by atoms with Crippen molar-refractivity contribution in [3.8, 4) is 5.75 Å². The summed E-state index contributed by atoms with van der Waals surface area (Å²) in [5.41, 5.74) is 5.36. The molecule has 0 fully saturated rings. The molecule has 1 aromatic rings. The fraction of sp³-hybridized carbons (Fsp3) is 0.400. The van der Waals surface area contributed by atoms with Crippen LogP contribution in [0.3, 0.4) is 0 Å². The van der Waals surface area contributed by atoms with Crippen molar-refractivity contribution >= 4 is 11.6 Å². The molecule has 0 heterocycles. The van der Waals surface area contributed by atoms with Crippen molar-refractivity contribution in [2.45, 2.75) is 12.5 Å². The summed E-state index contributed by atoms with van der Waals surface area (Å²) in [6.45, 7) is 0.260. The quantitative estimate of drug-likeness (QED) is 0.835. The van der Waals surface area contributed by atoms with Gasteiger partial charge >= 0.3 is 0 Å². The summed E-state index contributed by atoms with van der Waals surface area (Å²) >= 11 is 5.81. The van der Waals surface area contributed by atoms with E-state index in [2.05, 4.69) is 0 Å². The highest BCUT2D eigenvalue weighted by Gasteiger charge is 2.20. The Morgan fingerprint density at radius 3 is 2.80 bits per heavy atom. The SMILES string of the molecule is COc1c(Cl)ccc(F)c1C(O)CCN. The van der Waals surface area contributed by atoms with Gasteiger partial charge in [0.05, 0.1) is 23.8 Å². The molecule has 0 aromatic heterocycles. The Morgan fingerprint density at radius 2 is 2.27 bits per heavy atom. The Hall–Kier alpha value is -0.840. The van der Waals surface area contributed by atoms with Gasteiger partial charge in [-0.05, 0) is 25.1 Å². The lowest BCUT2D eigenvalue weighted by Gasteiger charge is -2.15. The van der Waals surface area contributed by atoms with E-state index < -0.39 is 11.9 Å². The monoisotopic (exact) mass is 233 g/mol. The summed E-state index contributed by atoms with van der Waals surface area (Å²) < 4.78 is 18.4. The molecule has 1 unspecified atom stereocenters. The van der Waals surface area contributed by atoms with Crippen LogP contribution in [0.5, 0.6) is 5.75 Å². The standard InChI is InChI=1S/C10H13ClFNO2/c1-15-10-6(11)2-3-7(12)9(10)8(14)4-5-13/h2-3,8,14H,4-5,13H2,1H3. The van der Waals surface area contributed by atoms with E-state index >= 15 is 0 Å². The number of ether oxygens (including phenoxy) is 1. The van der Waals surface area contributed by atoms with Crippen molar-refractivity contribution < 1.29 is 14.2 Å². The van der Waals surface area contributed by atoms with Crippen LogP contribution in [-0.4, -0.2) is 18.8 Å². The number of methoxy groups -OCH3 is 1. The predicted octanol–water partition coefficient (Wildman–Crippen LogP) is 1.87. The third-order valence-corrected chi connectivity index (χ3v) is 2.37. The summed E-state index contributed by atoms with van der Waals surface area (Å²) in [5.74, 6) is -0.380. The van der Waals surface area contributed by atoms with Crippen molar-refractivity contribution in [3.63, 3.8) is 0 Å². The summed E-state index contributed by atoms with van der Waals surface area (Å²) in [6, 6.07) is 2.58. The van der Waals surface area contributed by atoms with Gasteiger partial charge in [-0.15, -0.1) is 0 Å². The van der Waals surface area contributed by atoms with Crippen molar-refractivity contribution in [3.05, 3.63) is 28.5 Å². The third kappa shape index (κ3) is 2.59. The van der Waals surface area contributed by atoms with Gasteiger partial charge < -0.3 is 15.6 Å². The molecule has 0 radical (unpaired) electrons. The molecule has 0 saturated heterocycles. The van der Waals surface area contributed by atoms with E-state index in [9.17, 15) is 9.50 Å². The van der Waals surface area contributed by atoms with E-state index in [0.29, 0.717) is 0 Å². The highest BCUT2D eigenvalue weighted by Crippen LogP contribution is 2.35. The molecular formula is C10H13ClFNO2. The Kier molecular flexibility index (Phi) is 4.32. The van der Waals surface area contributed by atoms with Crippen molar-refractivity contribution in [2.75, 3.05) is 13.7 Å². The second-order valence-electron chi connectivity index (χ2n) is 3.07. The maximum absolute atomic E-state index is 13.5. The first-order valence-electron chi connectivity index (χ1n) is 4.51. The summed E-state index contributed by atoms with van der Waals surface area (Å²) in [5, 5.41) is 9.95. The molecule has 0 bridgehead atoms. The van der Waals surface area contributed by atoms with Gasteiger partial charge in [0.1, 0.15) is 11.6 Å². The molecule has 0 aliphatic rings. The number of hydrogen-bond acceptors (Lipinski definition) is 3. The Morgan fingerprint density at radius 1 is 1.60 bits per heavy atom. The molecule has 0 saturated carbocycles. The van der Waals surface area contributed by atoms with E-state index in [4.69, 9.17) is 22.1 Å². The molecule has 84 valence electrons. The van der Waals surface area contributed by atoms with Gasteiger partial charge in [-0.2, -0.15) is 0 Å². The fourth-order valence-electron chi connectivity index (χ4n) is 1.37. The van der Waals surface area contributed by atoms with Gasteiger partial charge in [-0.3, -0.25) is 0 Å². The van der Waals surface area contributed by atoms with Crippen LogP contribution in [0.2, 0.25) is 5.02 Å². The number of benzene rings is 1. The minimum Gasteiger partial charge on any atom is -0.495 e. The number of aliphatic hydroxyl groups is 1. The van der Waals surface area contributed by atoms with Crippen LogP contribution in [-0.2, 0) is 0 Å². The highest BCUT2D eigenvalue weighted by molar-refractivity contribution is 6.32. The minimum absolute atomic E-state index is 0.0652. The average molecular weight is 234 g/mol. The summed E-state index contributed by atoms with van der Waals surface area (Å²) in [4.78, 5) is 0. The number of halogens is 2. The van der Waals surface area contributed by atoms with Gasteiger partial charge in [0.15, 0.2) is 0 Å². The lowest BCUT2D eigenvalue weighted by molar-refractivity contribution is 0.161. The van der Waals surface area contributed by atoms with Crippen LogP contribution in [0.15, 0.2) is 12.1 Å². The van der Waals surface area contributed by atoms with Crippen LogP contribution in [0, 0.1) is 5.82 Å². The first kappa shape index (κ1) is 12.2. The number of nitrogens with two attached hydrogens (primary N) is 1. The largest absolute Gasteiger partial charge is 0.495 e. The van der Waals surface area contributed by atoms with E-state index in [1.165, 1.54) is 19.2 Å². The topological polar surface area (TPSA) is 55.5 Å². The highest BCUT2D eigenvalue weighted by atomic mass is 35.5.